The Morgan fingerprint density at radius 3 is 2.87 bits per heavy atom. The smallest absolute Gasteiger partial charge is 0.243 e. The lowest BCUT2D eigenvalue weighted by Gasteiger charge is -2.19. The van der Waals surface area contributed by atoms with Crippen LogP contribution in [-0.4, -0.2) is 34.1 Å². The summed E-state index contributed by atoms with van der Waals surface area (Å²) in [5, 5.41) is 18.5. The Balaban J connectivity index is 2.56. The third-order valence-electron chi connectivity index (χ3n) is 3.26. The molecule has 1 aromatic heterocycles. The van der Waals surface area contributed by atoms with Crippen molar-refractivity contribution in [1.29, 1.82) is 5.26 Å². The molecular formula is C15H21N5O3. The van der Waals surface area contributed by atoms with Gasteiger partial charge in [0.15, 0.2) is 0 Å². The Kier molecular flexibility index (Phi) is 8.10. The van der Waals surface area contributed by atoms with Crippen LogP contribution in [0.4, 0.5) is 5.82 Å². The minimum Gasteiger partial charge on any atom is -0.286 e. The van der Waals surface area contributed by atoms with Crippen LogP contribution in [0.2, 0.25) is 0 Å². The fourth-order valence-electron chi connectivity index (χ4n) is 1.98. The molecule has 1 aromatic rings. The molecule has 0 aliphatic heterocycles. The Morgan fingerprint density at radius 2 is 2.30 bits per heavy atom. The first-order chi connectivity index (χ1) is 11.1. The molecule has 0 radical (unpaired) electrons. The lowest BCUT2D eigenvalue weighted by atomic mass is 10.0. The molecule has 124 valence electrons. The molecule has 0 aliphatic rings. The average Bonchev–Trinajstić information content (AvgIpc) is 2.59. The molecule has 8 nitrogen and oxygen atoms in total. The second kappa shape index (κ2) is 10.1. The highest BCUT2D eigenvalue weighted by Crippen LogP contribution is 2.12. The van der Waals surface area contributed by atoms with Crippen molar-refractivity contribution in [2.75, 3.05) is 12.0 Å². The largest absolute Gasteiger partial charge is 0.286 e. The molecule has 2 amide bonds. The summed E-state index contributed by atoms with van der Waals surface area (Å²) in [6.07, 6.45) is 5.04. The Hall–Kier alpha value is -2.66. The summed E-state index contributed by atoms with van der Waals surface area (Å²) < 4.78 is 0. The standard InChI is InChI=1S/C15H21N5O3/c1-2-3-4-5-13(10-20(23)11-21)15(22)19-18-14-7-6-12(8-16)9-17-14/h6-7,9,11,13,23H,2-5,10H2,1H3,(H,17,18)(H,19,22). The number of aromatic nitrogens is 1. The van der Waals surface area contributed by atoms with Gasteiger partial charge in [0.2, 0.25) is 12.3 Å². The summed E-state index contributed by atoms with van der Waals surface area (Å²) in [4.78, 5) is 26.7. The molecular weight excluding hydrogens is 298 g/mol. The first-order valence-electron chi connectivity index (χ1n) is 7.43. The van der Waals surface area contributed by atoms with Crippen molar-refractivity contribution < 1.29 is 14.8 Å². The molecule has 0 saturated heterocycles. The molecule has 1 heterocycles. The monoisotopic (exact) mass is 319 g/mol. The zero-order chi connectivity index (χ0) is 17.1. The molecule has 0 saturated carbocycles. The van der Waals surface area contributed by atoms with Crippen LogP contribution in [0, 0.1) is 17.2 Å². The maximum Gasteiger partial charge on any atom is 0.243 e. The highest BCUT2D eigenvalue weighted by atomic mass is 16.5. The first kappa shape index (κ1) is 18.4. The van der Waals surface area contributed by atoms with Crippen LogP contribution >= 0.6 is 0 Å². The minimum atomic E-state index is -0.525. The fraction of sp³-hybridized carbons (Fsp3) is 0.467. The molecule has 0 bridgehead atoms. The van der Waals surface area contributed by atoms with Gasteiger partial charge in [0.25, 0.3) is 0 Å². The van der Waals surface area contributed by atoms with E-state index in [1.54, 1.807) is 12.1 Å². The number of anilines is 1. The molecule has 0 fully saturated rings. The van der Waals surface area contributed by atoms with E-state index in [4.69, 9.17) is 5.26 Å². The van der Waals surface area contributed by atoms with Gasteiger partial charge >= 0.3 is 0 Å². The van der Waals surface area contributed by atoms with Crippen LogP contribution in [0.25, 0.3) is 0 Å². The van der Waals surface area contributed by atoms with Gasteiger partial charge in [0.1, 0.15) is 11.9 Å². The van der Waals surface area contributed by atoms with Crippen molar-refractivity contribution in [3.05, 3.63) is 23.9 Å². The SMILES string of the molecule is CCCCCC(CN(O)C=O)C(=O)NNc1ccc(C#N)cn1. The number of hydroxylamine groups is 2. The van der Waals surface area contributed by atoms with Crippen molar-refractivity contribution in [2.24, 2.45) is 5.92 Å². The van der Waals surface area contributed by atoms with E-state index < -0.39 is 5.92 Å². The lowest BCUT2D eigenvalue weighted by molar-refractivity contribution is -0.154. The van der Waals surface area contributed by atoms with Crippen molar-refractivity contribution in [3.63, 3.8) is 0 Å². The molecule has 3 N–H and O–H groups in total. The lowest BCUT2D eigenvalue weighted by Crippen LogP contribution is -2.40. The van der Waals surface area contributed by atoms with Crippen LogP contribution in [0.5, 0.6) is 0 Å². The number of carbonyl (C=O) groups excluding carboxylic acids is 2. The number of amides is 2. The third kappa shape index (κ3) is 6.76. The van der Waals surface area contributed by atoms with E-state index in [2.05, 4.69) is 22.8 Å². The maximum absolute atomic E-state index is 12.2. The highest BCUT2D eigenvalue weighted by Gasteiger charge is 2.20. The topological polar surface area (TPSA) is 118 Å². The number of rotatable bonds is 10. The van der Waals surface area contributed by atoms with E-state index >= 15 is 0 Å². The number of hydrazine groups is 1. The Labute approximate surface area is 135 Å². The van der Waals surface area contributed by atoms with Gasteiger partial charge in [-0.15, -0.1) is 0 Å². The quantitative estimate of drug-likeness (QED) is 0.260. The van der Waals surface area contributed by atoms with E-state index in [1.807, 2.05) is 6.07 Å². The van der Waals surface area contributed by atoms with Crippen LogP contribution in [0.1, 0.15) is 38.2 Å². The van der Waals surface area contributed by atoms with Crippen molar-refractivity contribution in [1.82, 2.24) is 15.5 Å². The summed E-state index contributed by atoms with van der Waals surface area (Å²) in [6.45, 7) is 1.98. The fourth-order valence-corrected chi connectivity index (χ4v) is 1.98. The van der Waals surface area contributed by atoms with Crippen molar-refractivity contribution >= 4 is 18.1 Å². The van der Waals surface area contributed by atoms with Crippen LogP contribution in [0.15, 0.2) is 18.3 Å². The van der Waals surface area contributed by atoms with Gasteiger partial charge < -0.3 is 0 Å². The van der Waals surface area contributed by atoms with Gasteiger partial charge in [-0.3, -0.25) is 25.6 Å². The third-order valence-corrected chi connectivity index (χ3v) is 3.26. The Morgan fingerprint density at radius 1 is 1.52 bits per heavy atom. The van der Waals surface area contributed by atoms with Gasteiger partial charge in [-0.05, 0) is 18.6 Å². The van der Waals surface area contributed by atoms with E-state index in [-0.39, 0.29) is 18.9 Å². The van der Waals surface area contributed by atoms with Gasteiger partial charge in [-0.2, -0.15) is 5.26 Å². The van der Waals surface area contributed by atoms with E-state index in [1.165, 1.54) is 6.20 Å². The zero-order valence-electron chi connectivity index (χ0n) is 13.0. The molecule has 0 spiro atoms. The second-order valence-corrected chi connectivity index (χ2v) is 5.08. The number of hydrogen-bond acceptors (Lipinski definition) is 6. The molecule has 0 aliphatic carbocycles. The Bertz CT molecular complexity index is 541. The number of pyridine rings is 1. The van der Waals surface area contributed by atoms with E-state index in [0.717, 1.165) is 19.3 Å². The molecule has 0 aromatic carbocycles. The molecule has 1 rings (SSSR count). The van der Waals surface area contributed by atoms with E-state index in [9.17, 15) is 14.8 Å². The number of unbranched alkanes of at least 4 members (excludes halogenated alkanes) is 2. The maximum atomic E-state index is 12.2. The zero-order valence-corrected chi connectivity index (χ0v) is 13.0. The summed E-state index contributed by atoms with van der Waals surface area (Å²) in [7, 11) is 0. The minimum absolute atomic E-state index is 0.0679. The normalized spacial score (nSPS) is 11.2. The number of hydrogen-bond donors (Lipinski definition) is 3. The molecule has 1 unspecified atom stereocenters. The average molecular weight is 319 g/mol. The summed E-state index contributed by atoms with van der Waals surface area (Å²) in [6, 6.07) is 5.09. The number of nitrogens with zero attached hydrogens (tertiary/aromatic N) is 3. The molecule has 23 heavy (non-hydrogen) atoms. The second-order valence-electron chi connectivity index (χ2n) is 5.08. The van der Waals surface area contributed by atoms with Crippen LogP contribution < -0.4 is 10.9 Å². The van der Waals surface area contributed by atoms with Crippen LogP contribution in [0.3, 0.4) is 0 Å². The van der Waals surface area contributed by atoms with Gasteiger partial charge in [0.05, 0.1) is 18.0 Å². The molecule has 8 heteroatoms. The van der Waals surface area contributed by atoms with Gasteiger partial charge in [-0.1, -0.05) is 26.2 Å². The summed E-state index contributed by atoms with van der Waals surface area (Å²) in [5.41, 5.74) is 5.57. The van der Waals surface area contributed by atoms with Gasteiger partial charge in [0, 0.05) is 6.20 Å². The van der Waals surface area contributed by atoms with Crippen LogP contribution in [-0.2, 0) is 9.59 Å². The van der Waals surface area contributed by atoms with Crippen molar-refractivity contribution in [3.8, 4) is 6.07 Å². The van der Waals surface area contributed by atoms with Gasteiger partial charge in [-0.25, -0.2) is 10.0 Å². The number of nitriles is 1. The first-order valence-corrected chi connectivity index (χ1v) is 7.43. The number of carbonyl (C=O) groups is 2. The van der Waals surface area contributed by atoms with Crippen molar-refractivity contribution in [2.45, 2.75) is 32.6 Å². The predicted molar refractivity (Wildman–Crippen MR) is 82.9 cm³/mol. The highest BCUT2D eigenvalue weighted by molar-refractivity contribution is 5.80. The number of nitrogens with one attached hydrogen (secondary N) is 2. The van der Waals surface area contributed by atoms with E-state index in [0.29, 0.717) is 22.9 Å². The predicted octanol–water partition coefficient (Wildman–Crippen LogP) is 1.44. The summed E-state index contributed by atoms with van der Waals surface area (Å²) >= 11 is 0. The molecule has 1 atom stereocenters. The summed E-state index contributed by atoms with van der Waals surface area (Å²) in [5.74, 6) is -0.475.